The number of non-ortho nitro benzene ring substituents is 1. The molecule has 0 spiro atoms. The van der Waals surface area contributed by atoms with Crippen molar-refractivity contribution in [1.29, 1.82) is 0 Å². The summed E-state index contributed by atoms with van der Waals surface area (Å²) in [5.41, 5.74) is 2.46. The number of fused-ring (bicyclic) bond motifs is 1. The van der Waals surface area contributed by atoms with Gasteiger partial charge in [-0.25, -0.2) is 14.5 Å². The minimum atomic E-state index is -0.652. The highest BCUT2D eigenvalue weighted by atomic mass is 16.6. The molecule has 4 rings (SSSR count). The van der Waals surface area contributed by atoms with Crippen LogP contribution in [0, 0.1) is 10.1 Å². The Morgan fingerprint density at radius 1 is 1.25 bits per heavy atom. The van der Waals surface area contributed by atoms with Gasteiger partial charge >= 0.3 is 5.97 Å². The Morgan fingerprint density at radius 3 is 2.82 bits per heavy atom. The van der Waals surface area contributed by atoms with Gasteiger partial charge < -0.3 is 9.72 Å². The van der Waals surface area contributed by atoms with Crippen LogP contribution in [-0.4, -0.2) is 43.0 Å². The van der Waals surface area contributed by atoms with Crippen LogP contribution >= 0.6 is 0 Å². The van der Waals surface area contributed by atoms with Crippen LogP contribution in [0.15, 0.2) is 48.5 Å². The number of rotatable bonds is 5. The highest BCUT2D eigenvalue weighted by Crippen LogP contribution is 2.24. The molecule has 0 fully saturated rings. The van der Waals surface area contributed by atoms with E-state index in [9.17, 15) is 14.9 Å². The van der Waals surface area contributed by atoms with E-state index in [1.54, 1.807) is 12.1 Å². The lowest BCUT2D eigenvalue weighted by atomic mass is 10.2. The van der Waals surface area contributed by atoms with Crippen molar-refractivity contribution in [1.82, 2.24) is 25.0 Å². The fourth-order valence-corrected chi connectivity index (χ4v) is 2.90. The molecule has 0 bridgehead atoms. The van der Waals surface area contributed by atoms with Crippen LogP contribution in [-0.2, 0) is 11.3 Å². The Kier molecular flexibility index (Phi) is 4.28. The van der Waals surface area contributed by atoms with E-state index in [0.717, 1.165) is 11.0 Å². The second kappa shape index (κ2) is 6.91. The van der Waals surface area contributed by atoms with Gasteiger partial charge in [-0.2, -0.15) is 0 Å². The number of hydrogen-bond acceptors (Lipinski definition) is 7. The van der Waals surface area contributed by atoms with Crippen molar-refractivity contribution in [2.75, 3.05) is 7.11 Å². The first-order valence-corrected chi connectivity index (χ1v) is 8.27. The summed E-state index contributed by atoms with van der Waals surface area (Å²) >= 11 is 0. The standard InChI is InChI=1S/C18H14N6O4/c1-28-18(25)15-16(17-19-13-7-2-3-8-14(13)20-17)23(22-21-15)10-11-5-4-6-12(9-11)24(26)27/h2-9H,10H2,1H3,(H,19,20). The molecule has 0 saturated carbocycles. The van der Waals surface area contributed by atoms with Crippen molar-refractivity contribution in [2.24, 2.45) is 0 Å². The molecular formula is C18H14N6O4. The number of hydrogen-bond donors (Lipinski definition) is 1. The van der Waals surface area contributed by atoms with Gasteiger partial charge in [0.15, 0.2) is 5.82 Å². The maximum Gasteiger partial charge on any atom is 0.361 e. The fraction of sp³-hybridized carbons (Fsp3) is 0.111. The summed E-state index contributed by atoms with van der Waals surface area (Å²) in [5, 5.41) is 19.0. The average molecular weight is 378 g/mol. The number of carbonyl (C=O) groups is 1. The summed E-state index contributed by atoms with van der Waals surface area (Å²) < 4.78 is 6.26. The number of benzene rings is 2. The number of nitrogens with zero attached hydrogens (tertiary/aromatic N) is 5. The molecule has 0 radical (unpaired) electrons. The number of carbonyl (C=O) groups excluding carboxylic acids is 1. The van der Waals surface area contributed by atoms with E-state index >= 15 is 0 Å². The van der Waals surface area contributed by atoms with E-state index in [4.69, 9.17) is 4.74 Å². The number of aromatic nitrogens is 5. The van der Waals surface area contributed by atoms with Gasteiger partial charge in [0.1, 0.15) is 5.69 Å². The van der Waals surface area contributed by atoms with Crippen LogP contribution < -0.4 is 0 Å². The molecule has 1 N–H and O–H groups in total. The zero-order chi connectivity index (χ0) is 19.7. The molecule has 10 heteroatoms. The first-order valence-electron chi connectivity index (χ1n) is 8.27. The molecule has 2 aromatic heterocycles. The SMILES string of the molecule is COC(=O)c1nnn(Cc2cccc([N+](=O)[O-])c2)c1-c1nc2ccccc2[nH]1. The zero-order valence-electron chi connectivity index (χ0n) is 14.7. The molecule has 0 amide bonds. The number of imidazole rings is 1. The molecule has 28 heavy (non-hydrogen) atoms. The summed E-state index contributed by atoms with van der Waals surface area (Å²) in [5.74, 6) is -0.252. The maximum absolute atomic E-state index is 12.2. The number of nitro groups is 1. The molecule has 2 heterocycles. The number of nitrogens with one attached hydrogen (secondary N) is 1. The van der Waals surface area contributed by atoms with E-state index < -0.39 is 10.9 Å². The average Bonchev–Trinajstić information content (AvgIpc) is 3.31. The van der Waals surface area contributed by atoms with Crippen molar-refractivity contribution >= 4 is 22.7 Å². The third kappa shape index (κ3) is 3.07. The van der Waals surface area contributed by atoms with Crippen LogP contribution in [0.25, 0.3) is 22.6 Å². The maximum atomic E-state index is 12.2. The highest BCUT2D eigenvalue weighted by molar-refractivity contribution is 5.94. The van der Waals surface area contributed by atoms with Gasteiger partial charge in [0.25, 0.3) is 5.69 Å². The van der Waals surface area contributed by atoms with Crippen molar-refractivity contribution < 1.29 is 14.5 Å². The lowest BCUT2D eigenvalue weighted by Crippen LogP contribution is -2.08. The first-order chi connectivity index (χ1) is 13.6. The highest BCUT2D eigenvalue weighted by Gasteiger charge is 2.24. The van der Waals surface area contributed by atoms with Gasteiger partial charge in [0, 0.05) is 12.1 Å². The van der Waals surface area contributed by atoms with Crippen LogP contribution in [0.4, 0.5) is 5.69 Å². The van der Waals surface area contributed by atoms with Crippen molar-refractivity contribution in [3.05, 3.63) is 69.9 Å². The summed E-state index contributed by atoms with van der Waals surface area (Å²) in [6.45, 7) is 0.165. The summed E-state index contributed by atoms with van der Waals surface area (Å²) in [6.07, 6.45) is 0. The number of nitro benzene ring substituents is 1. The Balaban J connectivity index is 1.82. The van der Waals surface area contributed by atoms with Crippen molar-refractivity contribution in [3.8, 4) is 11.5 Å². The van der Waals surface area contributed by atoms with E-state index in [2.05, 4.69) is 20.3 Å². The molecule has 140 valence electrons. The van der Waals surface area contributed by atoms with Gasteiger partial charge in [-0.1, -0.05) is 29.5 Å². The first kappa shape index (κ1) is 17.3. The number of esters is 1. The molecule has 0 saturated heterocycles. The summed E-state index contributed by atoms with van der Waals surface area (Å²) in [6, 6.07) is 13.6. The topological polar surface area (TPSA) is 129 Å². The minimum Gasteiger partial charge on any atom is -0.464 e. The third-order valence-corrected chi connectivity index (χ3v) is 4.18. The normalized spacial score (nSPS) is 10.9. The molecule has 4 aromatic rings. The Morgan fingerprint density at radius 2 is 2.07 bits per heavy atom. The number of ether oxygens (including phenoxy) is 1. The number of H-pyrrole nitrogens is 1. The lowest BCUT2D eigenvalue weighted by molar-refractivity contribution is -0.384. The minimum absolute atomic E-state index is 0.00647. The lowest BCUT2D eigenvalue weighted by Gasteiger charge is -2.06. The smallest absolute Gasteiger partial charge is 0.361 e. The molecule has 0 aliphatic rings. The predicted octanol–water partition coefficient (Wildman–Crippen LogP) is 2.56. The Bertz CT molecular complexity index is 1160. The van der Waals surface area contributed by atoms with Gasteiger partial charge in [-0.15, -0.1) is 5.10 Å². The quantitative estimate of drug-likeness (QED) is 0.321. The van der Waals surface area contributed by atoms with Crippen LogP contribution in [0.3, 0.4) is 0 Å². The predicted molar refractivity (Wildman–Crippen MR) is 98.6 cm³/mol. The molecular weight excluding hydrogens is 364 g/mol. The zero-order valence-corrected chi connectivity index (χ0v) is 14.7. The molecule has 0 atom stereocenters. The van der Waals surface area contributed by atoms with Gasteiger partial charge in [0.05, 0.1) is 29.6 Å². The van der Waals surface area contributed by atoms with E-state index in [0.29, 0.717) is 17.1 Å². The van der Waals surface area contributed by atoms with Crippen molar-refractivity contribution in [2.45, 2.75) is 6.54 Å². The second-order valence-electron chi connectivity index (χ2n) is 5.97. The molecule has 0 aliphatic heterocycles. The molecule has 0 unspecified atom stereocenters. The summed E-state index contributed by atoms with van der Waals surface area (Å²) in [4.78, 5) is 30.4. The van der Waals surface area contributed by atoms with Crippen LogP contribution in [0.2, 0.25) is 0 Å². The number of methoxy groups -OCH3 is 1. The fourth-order valence-electron chi connectivity index (χ4n) is 2.90. The number of aromatic amines is 1. The summed E-state index contributed by atoms with van der Waals surface area (Å²) in [7, 11) is 1.25. The Labute approximate surface area is 157 Å². The molecule has 2 aromatic carbocycles. The van der Waals surface area contributed by atoms with Crippen LogP contribution in [0.5, 0.6) is 0 Å². The van der Waals surface area contributed by atoms with E-state index in [1.807, 2.05) is 24.3 Å². The van der Waals surface area contributed by atoms with Crippen molar-refractivity contribution in [3.63, 3.8) is 0 Å². The van der Waals surface area contributed by atoms with Crippen LogP contribution in [0.1, 0.15) is 16.1 Å². The van der Waals surface area contributed by atoms with Gasteiger partial charge in [-0.3, -0.25) is 10.1 Å². The largest absolute Gasteiger partial charge is 0.464 e. The number of para-hydroxylation sites is 2. The Hall–Kier alpha value is -4.08. The van der Waals surface area contributed by atoms with E-state index in [-0.39, 0.29) is 17.9 Å². The van der Waals surface area contributed by atoms with Gasteiger partial charge in [-0.05, 0) is 17.7 Å². The molecule has 0 aliphatic carbocycles. The third-order valence-electron chi connectivity index (χ3n) is 4.18. The van der Waals surface area contributed by atoms with E-state index in [1.165, 1.54) is 23.9 Å². The van der Waals surface area contributed by atoms with Gasteiger partial charge in [0.2, 0.25) is 5.69 Å². The second-order valence-corrected chi connectivity index (χ2v) is 5.97. The monoisotopic (exact) mass is 378 g/mol. The molecule has 10 nitrogen and oxygen atoms in total.